The molecule has 0 bridgehead atoms. The maximum atomic E-state index is 9.19. The van der Waals surface area contributed by atoms with Crippen molar-refractivity contribution in [2.45, 2.75) is 21.5 Å². The van der Waals surface area contributed by atoms with Crippen LogP contribution in [0.3, 0.4) is 0 Å². The zero-order chi connectivity index (χ0) is 13.3. The molecule has 0 fully saturated rings. The highest BCUT2D eigenvalue weighted by atomic mass is 32.2. The van der Waals surface area contributed by atoms with E-state index < -0.39 is 0 Å². The van der Waals surface area contributed by atoms with Crippen LogP contribution in [0, 0.1) is 0 Å². The van der Waals surface area contributed by atoms with E-state index in [1.165, 1.54) is 9.79 Å². The van der Waals surface area contributed by atoms with Crippen molar-refractivity contribution in [3.8, 4) is 0 Å². The summed E-state index contributed by atoms with van der Waals surface area (Å²) in [7, 11) is 0. The molecule has 0 saturated heterocycles. The van der Waals surface area contributed by atoms with E-state index in [1.54, 1.807) is 0 Å². The van der Waals surface area contributed by atoms with Crippen LogP contribution in [-0.4, -0.2) is 22.7 Å². The Morgan fingerprint density at radius 3 is 2.00 bits per heavy atom. The van der Waals surface area contributed by atoms with Gasteiger partial charge in [0.1, 0.15) is 0 Å². The van der Waals surface area contributed by atoms with Crippen LogP contribution in [0.5, 0.6) is 0 Å². The van der Waals surface area contributed by atoms with Crippen molar-refractivity contribution in [3.05, 3.63) is 60.7 Å². The predicted molar refractivity (Wildman–Crippen MR) is 85.0 cm³/mol. The molecule has 0 aliphatic rings. The minimum atomic E-state index is 0.250. The Balaban J connectivity index is 1.89. The van der Waals surface area contributed by atoms with Crippen LogP contribution in [0.15, 0.2) is 70.5 Å². The molecule has 19 heavy (non-hydrogen) atoms. The highest BCUT2D eigenvalue weighted by molar-refractivity contribution is 8.03. The van der Waals surface area contributed by atoms with Gasteiger partial charge in [0.15, 0.2) is 0 Å². The Kier molecular flexibility index (Phi) is 6.34. The van der Waals surface area contributed by atoms with Gasteiger partial charge in [-0.25, -0.2) is 0 Å². The summed E-state index contributed by atoms with van der Waals surface area (Å²) in [6.07, 6.45) is 0.833. The van der Waals surface area contributed by atoms with Gasteiger partial charge in [0, 0.05) is 27.4 Å². The summed E-state index contributed by atoms with van der Waals surface area (Å²) in [5, 5.41) is 9.63. The molecule has 2 aromatic carbocycles. The van der Waals surface area contributed by atoms with Gasteiger partial charge in [-0.3, -0.25) is 0 Å². The number of aliphatic hydroxyl groups excluding tert-OH is 1. The standard InChI is InChI=1S/C16H18OS2/c17-12-11-16(19-15-9-5-2-6-10-15)13-18-14-7-3-1-4-8-14/h1-10,16-17H,11-13H2. The van der Waals surface area contributed by atoms with Crippen molar-refractivity contribution in [1.29, 1.82) is 0 Å². The van der Waals surface area contributed by atoms with E-state index in [0.29, 0.717) is 5.25 Å². The van der Waals surface area contributed by atoms with E-state index in [4.69, 9.17) is 0 Å². The molecule has 0 aliphatic heterocycles. The van der Waals surface area contributed by atoms with Crippen LogP contribution in [0.1, 0.15) is 6.42 Å². The van der Waals surface area contributed by atoms with Crippen molar-refractivity contribution in [2.75, 3.05) is 12.4 Å². The van der Waals surface area contributed by atoms with Gasteiger partial charge < -0.3 is 5.11 Å². The fourth-order valence-corrected chi connectivity index (χ4v) is 4.01. The first-order valence-corrected chi connectivity index (χ1v) is 8.25. The van der Waals surface area contributed by atoms with Crippen LogP contribution in [0.4, 0.5) is 0 Å². The van der Waals surface area contributed by atoms with Crippen molar-refractivity contribution < 1.29 is 5.11 Å². The largest absolute Gasteiger partial charge is 0.396 e. The minimum absolute atomic E-state index is 0.250. The maximum Gasteiger partial charge on any atom is 0.0442 e. The number of rotatable bonds is 7. The Morgan fingerprint density at radius 1 is 0.842 bits per heavy atom. The lowest BCUT2D eigenvalue weighted by Crippen LogP contribution is -2.08. The van der Waals surface area contributed by atoms with E-state index >= 15 is 0 Å². The summed E-state index contributed by atoms with van der Waals surface area (Å²) in [6, 6.07) is 20.8. The van der Waals surface area contributed by atoms with Gasteiger partial charge in [-0.05, 0) is 30.7 Å². The molecule has 0 aliphatic carbocycles. The van der Waals surface area contributed by atoms with Gasteiger partial charge in [0.25, 0.3) is 0 Å². The summed E-state index contributed by atoms with van der Waals surface area (Å²) >= 11 is 3.71. The third kappa shape index (κ3) is 5.31. The number of thioether (sulfide) groups is 2. The Bertz CT molecular complexity index is 459. The Hall–Kier alpha value is -0.900. The van der Waals surface area contributed by atoms with Crippen LogP contribution in [0.25, 0.3) is 0 Å². The van der Waals surface area contributed by atoms with Gasteiger partial charge in [0.05, 0.1) is 0 Å². The highest BCUT2D eigenvalue weighted by Gasteiger charge is 2.10. The van der Waals surface area contributed by atoms with Gasteiger partial charge in [-0.2, -0.15) is 0 Å². The molecule has 2 aromatic rings. The van der Waals surface area contributed by atoms with Crippen LogP contribution < -0.4 is 0 Å². The average Bonchev–Trinajstić information content (AvgIpc) is 2.47. The summed E-state index contributed by atoms with van der Waals surface area (Å²) < 4.78 is 0. The molecule has 0 amide bonds. The molecule has 1 N–H and O–H groups in total. The van der Waals surface area contributed by atoms with Gasteiger partial charge in [-0.1, -0.05) is 36.4 Å². The number of benzene rings is 2. The second-order valence-corrected chi connectivity index (χ2v) is 6.66. The highest BCUT2D eigenvalue weighted by Crippen LogP contribution is 2.30. The van der Waals surface area contributed by atoms with Crippen LogP contribution in [-0.2, 0) is 0 Å². The molecule has 0 saturated carbocycles. The average molecular weight is 290 g/mol. The number of aliphatic hydroxyl groups is 1. The zero-order valence-corrected chi connectivity index (χ0v) is 12.4. The van der Waals surface area contributed by atoms with Crippen molar-refractivity contribution in [1.82, 2.24) is 0 Å². The second kappa shape index (κ2) is 8.31. The lowest BCUT2D eigenvalue weighted by atomic mass is 10.3. The molecule has 1 atom stereocenters. The smallest absolute Gasteiger partial charge is 0.0442 e. The molecule has 0 radical (unpaired) electrons. The first-order valence-electron chi connectivity index (χ1n) is 6.39. The van der Waals surface area contributed by atoms with Gasteiger partial charge in [-0.15, -0.1) is 23.5 Å². The van der Waals surface area contributed by atoms with E-state index in [0.717, 1.165) is 12.2 Å². The van der Waals surface area contributed by atoms with E-state index in [1.807, 2.05) is 35.7 Å². The van der Waals surface area contributed by atoms with Gasteiger partial charge >= 0.3 is 0 Å². The molecular formula is C16H18OS2. The molecular weight excluding hydrogens is 272 g/mol. The molecule has 0 aromatic heterocycles. The summed E-state index contributed by atoms with van der Waals surface area (Å²) in [4.78, 5) is 2.56. The van der Waals surface area contributed by atoms with E-state index in [-0.39, 0.29) is 6.61 Å². The van der Waals surface area contributed by atoms with Crippen LogP contribution in [0.2, 0.25) is 0 Å². The molecule has 2 rings (SSSR count). The third-order valence-electron chi connectivity index (χ3n) is 2.68. The predicted octanol–water partition coefficient (Wildman–Crippen LogP) is 4.32. The third-order valence-corrected chi connectivity index (χ3v) is 5.34. The first kappa shape index (κ1) is 14.5. The number of hydrogen-bond donors (Lipinski definition) is 1. The molecule has 100 valence electrons. The topological polar surface area (TPSA) is 20.2 Å². The van der Waals surface area contributed by atoms with E-state index in [2.05, 4.69) is 48.5 Å². The molecule has 0 heterocycles. The van der Waals surface area contributed by atoms with Crippen molar-refractivity contribution in [2.24, 2.45) is 0 Å². The SMILES string of the molecule is OCCC(CSc1ccccc1)Sc1ccccc1. The van der Waals surface area contributed by atoms with Crippen LogP contribution >= 0.6 is 23.5 Å². The van der Waals surface area contributed by atoms with Crippen molar-refractivity contribution in [3.63, 3.8) is 0 Å². The fraction of sp³-hybridized carbons (Fsp3) is 0.250. The Morgan fingerprint density at radius 2 is 1.42 bits per heavy atom. The first-order chi connectivity index (χ1) is 9.38. The number of hydrogen-bond acceptors (Lipinski definition) is 3. The summed E-state index contributed by atoms with van der Waals surface area (Å²) in [6.45, 7) is 0.250. The van der Waals surface area contributed by atoms with Gasteiger partial charge in [0.2, 0.25) is 0 Å². The molecule has 1 nitrogen and oxygen atoms in total. The van der Waals surface area contributed by atoms with Crippen molar-refractivity contribution >= 4 is 23.5 Å². The lowest BCUT2D eigenvalue weighted by Gasteiger charge is -2.15. The summed E-state index contributed by atoms with van der Waals surface area (Å²) in [5.41, 5.74) is 0. The fourth-order valence-electron chi connectivity index (χ4n) is 1.72. The molecule has 3 heteroatoms. The molecule has 1 unspecified atom stereocenters. The Labute approximate surface area is 123 Å². The monoisotopic (exact) mass is 290 g/mol. The maximum absolute atomic E-state index is 9.19. The minimum Gasteiger partial charge on any atom is -0.396 e. The second-order valence-electron chi connectivity index (χ2n) is 4.19. The normalized spacial score (nSPS) is 12.3. The quantitative estimate of drug-likeness (QED) is 0.767. The summed E-state index contributed by atoms with van der Waals surface area (Å²) in [5.74, 6) is 1.02. The lowest BCUT2D eigenvalue weighted by molar-refractivity contribution is 0.289. The van der Waals surface area contributed by atoms with E-state index in [9.17, 15) is 5.11 Å². The zero-order valence-electron chi connectivity index (χ0n) is 10.7. The molecule has 0 spiro atoms.